The Balaban J connectivity index is 1.55. The van der Waals surface area contributed by atoms with Crippen LogP contribution in [0.1, 0.15) is 69.7 Å². The van der Waals surface area contributed by atoms with Crippen LogP contribution in [-0.4, -0.2) is 60.4 Å². The van der Waals surface area contributed by atoms with Crippen LogP contribution in [0, 0.1) is 23.7 Å². The Morgan fingerprint density at radius 1 is 1.06 bits per heavy atom. The number of amides is 1. The molecule has 3 rings (SSSR count). The first-order valence-electron chi connectivity index (χ1n) is 12.7. The average molecular weight is 513 g/mol. The molecule has 1 saturated carbocycles. The number of nitrogens with zero attached hydrogens (tertiary/aromatic N) is 2. The number of hydrogen-bond acceptors (Lipinski definition) is 4. The molecule has 2 aliphatic rings. The molecule has 8 heteroatoms. The average Bonchev–Trinajstić information content (AvgIpc) is 2.81. The smallest absolute Gasteiger partial charge is 0.280 e. The second-order valence-electron chi connectivity index (χ2n) is 11.0. The highest BCUT2D eigenvalue weighted by Crippen LogP contribution is 2.44. The van der Waals surface area contributed by atoms with E-state index in [2.05, 4.69) is 4.90 Å². The molecular formula is C27H39ClF2N2O3. The molecule has 2 fully saturated rings. The lowest BCUT2D eigenvalue weighted by molar-refractivity contribution is -0.201. The Morgan fingerprint density at radius 3 is 2.06 bits per heavy atom. The molecule has 0 radical (unpaired) electrons. The van der Waals surface area contributed by atoms with Crippen LogP contribution < -0.4 is 4.90 Å². The minimum Gasteiger partial charge on any atom is -0.376 e. The quantitative estimate of drug-likeness (QED) is 0.511. The largest absolute Gasteiger partial charge is 0.376 e. The van der Waals surface area contributed by atoms with E-state index in [0.717, 1.165) is 44.5 Å². The summed E-state index contributed by atoms with van der Waals surface area (Å²) in [6, 6.07) is 5.58. The van der Waals surface area contributed by atoms with E-state index in [9.17, 15) is 23.5 Å². The summed E-state index contributed by atoms with van der Waals surface area (Å²) in [7, 11) is 3.40. The van der Waals surface area contributed by atoms with Crippen molar-refractivity contribution in [3.8, 4) is 0 Å². The van der Waals surface area contributed by atoms with Crippen molar-refractivity contribution >= 4 is 29.0 Å². The molecule has 1 heterocycles. The number of carbonyl (C=O) groups excluding carboxylic acids is 2. The number of piperidine rings is 1. The maximum Gasteiger partial charge on any atom is 0.280 e. The summed E-state index contributed by atoms with van der Waals surface area (Å²) < 4.78 is 28.4. The number of hydrogen-bond donors (Lipinski definition) is 1. The second-order valence-corrected chi connectivity index (χ2v) is 11.4. The Morgan fingerprint density at radius 2 is 1.60 bits per heavy atom. The zero-order valence-corrected chi connectivity index (χ0v) is 22.2. The van der Waals surface area contributed by atoms with Crippen molar-refractivity contribution in [1.29, 1.82) is 0 Å². The van der Waals surface area contributed by atoms with E-state index < -0.39 is 29.1 Å². The van der Waals surface area contributed by atoms with Crippen molar-refractivity contribution in [3.05, 3.63) is 28.8 Å². The number of alkyl halides is 2. The van der Waals surface area contributed by atoms with Crippen LogP contribution in [0.25, 0.3) is 0 Å². The van der Waals surface area contributed by atoms with Crippen LogP contribution in [0.5, 0.6) is 0 Å². The summed E-state index contributed by atoms with van der Waals surface area (Å²) in [5.74, 6) is -4.63. The summed E-state index contributed by atoms with van der Waals surface area (Å²) >= 11 is 6.39. The fourth-order valence-electron chi connectivity index (χ4n) is 5.92. The van der Waals surface area contributed by atoms with Crippen LogP contribution in [0.4, 0.5) is 14.5 Å². The normalized spacial score (nSPS) is 23.8. The van der Waals surface area contributed by atoms with Crippen LogP contribution in [-0.2, 0) is 4.79 Å². The van der Waals surface area contributed by atoms with Gasteiger partial charge in [0.25, 0.3) is 11.8 Å². The van der Waals surface area contributed by atoms with Gasteiger partial charge >= 0.3 is 0 Å². The predicted octanol–water partition coefficient (Wildman–Crippen LogP) is 5.68. The Kier molecular flexibility index (Phi) is 8.53. The van der Waals surface area contributed by atoms with Crippen molar-refractivity contribution in [3.63, 3.8) is 0 Å². The van der Waals surface area contributed by atoms with Crippen LogP contribution in [0.2, 0.25) is 5.02 Å². The number of carbonyl (C=O) groups is 2. The highest BCUT2D eigenvalue weighted by Gasteiger charge is 2.58. The van der Waals surface area contributed by atoms with Crippen molar-refractivity contribution in [1.82, 2.24) is 4.90 Å². The van der Waals surface area contributed by atoms with Gasteiger partial charge in [-0.3, -0.25) is 9.59 Å². The first-order valence-corrected chi connectivity index (χ1v) is 13.1. The third-order valence-corrected chi connectivity index (χ3v) is 8.50. The molecule has 1 atom stereocenters. The number of aliphatic hydroxyl groups is 1. The summed E-state index contributed by atoms with van der Waals surface area (Å²) in [6.45, 7) is 5.38. The molecule has 35 heavy (non-hydrogen) atoms. The number of benzene rings is 1. The van der Waals surface area contributed by atoms with Gasteiger partial charge in [-0.25, -0.2) is 8.78 Å². The lowest BCUT2D eigenvalue weighted by Gasteiger charge is -2.42. The number of Topliss-reactive ketones (excluding diaryl/α,β-unsaturated/α-hetero) is 1. The highest BCUT2D eigenvalue weighted by molar-refractivity contribution is 6.34. The molecule has 1 aliphatic carbocycles. The van der Waals surface area contributed by atoms with Gasteiger partial charge in [-0.05, 0) is 74.5 Å². The van der Waals surface area contributed by atoms with E-state index in [4.69, 9.17) is 11.6 Å². The standard InChI is InChI=1S/C27H39ClF2N2O3/c1-17(2)27(35,26(3,29)30)24(33)20-8-6-18(7-9-20)19-12-14-32(15-13-19)21-10-11-22(23(28)16-21)25(34)31(4)5/h10-11,16-20,35H,6-9,12-15H2,1-5H3/t18?,20?,27-/m0/s1. The van der Waals surface area contributed by atoms with Gasteiger partial charge in [0.2, 0.25) is 0 Å². The molecule has 1 aliphatic heterocycles. The van der Waals surface area contributed by atoms with Gasteiger partial charge in [-0.15, -0.1) is 0 Å². The zero-order valence-electron chi connectivity index (χ0n) is 21.5. The van der Waals surface area contributed by atoms with E-state index in [1.165, 1.54) is 18.7 Å². The Labute approximate surface area is 212 Å². The molecule has 0 unspecified atom stereocenters. The molecule has 1 aromatic carbocycles. The molecule has 5 nitrogen and oxygen atoms in total. The van der Waals surface area contributed by atoms with Gasteiger partial charge in [0.05, 0.1) is 10.6 Å². The summed E-state index contributed by atoms with van der Waals surface area (Å²) in [6.07, 6.45) is 4.82. The number of halogens is 3. The first kappa shape index (κ1) is 27.9. The van der Waals surface area contributed by atoms with Crippen molar-refractivity contribution < 1.29 is 23.5 Å². The molecule has 196 valence electrons. The van der Waals surface area contributed by atoms with Gasteiger partial charge in [0.15, 0.2) is 11.4 Å². The van der Waals surface area contributed by atoms with Gasteiger partial charge in [-0.1, -0.05) is 25.4 Å². The topological polar surface area (TPSA) is 60.9 Å². The second kappa shape index (κ2) is 10.7. The summed E-state index contributed by atoms with van der Waals surface area (Å²) in [4.78, 5) is 29.0. The third kappa shape index (κ3) is 5.66. The Bertz CT molecular complexity index is 917. The molecule has 0 bridgehead atoms. The van der Waals surface area contributed by atoms with E-state index in [-0.39, 0.29) is 5.91 Å². The molecular weight excluding hydrogens is 474 g/mol. The highest BCUT2D eigenvalue weighted by atomic mass is 35.5. The number of rotatable bonds is 7. The van der Waals surface area contributed by atoms with Gasteiger partial charge in [0.1, 0.15) is 0 Å². The first-order chi connectivity index (χ1) is 16.3. The van der Waals surface area contributed by atoms with Crippen molar-refractivity contribution in [2.24, 2.45) is 23.7 Å². The Hall–Kier alpha value is -1.73. The van der Waals surface area contributed by atoms with Crippen LogP contribution in [0.3, 0.4) is 0 Å². The lowest BCUT2D eigenvalue weighted by atomic mass is 9.68. The zero-order chi connectivity index (χ0) is 26.1. The fraction of sp³-hybridized carbons (Fsp3) is 0.704. The van der Waals surface area contributed by atoms with Crippen molar-refractivity contribution in [2.75, 3.05) is 32.1 Å². The maximum atomic E-state index is 14.2. The SMILES string of the molecule is CC(C)[C@](O)(C(=O)C1CCC(C2CCN(c3ccc(C(=O)N(C)C)c(Cl)c3)CC2)CC1)C(C)(F)F. The monoisotopic (exact) mass is 512 g/mol. The molecule has 1 N–H and O–H groups in total. The predicted molar refractivity (Wildman–Crippen MR) is 135 cm³/mol. The third-order valence-electron chi connectivity index (χ3n) is 8.18. The van der Waals surface area contributed by atoms with E-state index in [0.29, 0.717) is 42.2 Å². The van der Waals surface area contributed by atoms with E-state index >= 15 is 0 Å². The lowest BCUT2D eigenvalue weighted by Crippen LogP contribution is -2.59. The van der Waals surface area contributed by atoms with Gasteiger partial charge in [-0.2, -0.15) is 0 Å². The van der Waals surface area contributed by atoms with E-state index in [1.807, 2.05) is 12.1 Å². The molecule has 1 amide bonds. The van der Waals surface area contributed by atoms with Gasteiger partial charge in [0, 0.05) is 45.7 Å². The van der Waals surface area contributed by atoms with Crippen LogP contribution in [0.15, 0.2) is 18.2 Å². The van der Waals surface area contributed by atoms with Crippen molar-refractivity contribution in [2.45, 2.75) is 70.8 Å². The number of ketones is 1. The molecule has 1 aromatic rings. The minimum absolute atomic E-state index is 0.121. The minimum atomic E-state index is -3.47. The van der Waals surface area contributed by atoms with E-state index in [1.54, 1.807) is 20.2 Å². The molecule has 1 saturated heterocycles. The van der Waals surface area contributed by atoms with Crippen LogP contribution >= 0.6 is 11.6 Å². The summed E-state index contributed by atoms with van der Waals surface area (Å²) in [5.41, 5.74) is -1.11. The maximum absolute atomic E-state index is 14.2. The number of anilines is 1. The fourth-order valence-corrected chi connectivity index (χ4v) is 6.17. The summed E-state index contributed by atoms with van der Waals surface area (Å²) in [5, 5.41) is 11.1. The van der Waals surface area contributed by atoms with Gasteiger partial charge < -0.3 is 14.9 Å². The molecule has 0 aromatic heterocycles. The molecule has 0 spiro atoms.